The van der Waals surface area contributed by atoms with Crippen molar-refractivity contribution in [1.82, 2.24) is 15.4 Å². The number of aryl methyl sites for hydroxylation is 1. The fourth-order valence-electron chi connectivity index (χ4n) is 9.60. The molecule has 2 bridgehead atoms. The lowest BCUT2D eigenvalue weighted by molar-refractivity contribution is -0.106. The van der Waals surface area contributed by atoms with Crippen LogP contribution in [0.25, 0.3) is 0 Å². The zero-order chi connectivity index (χ0) is 37.9. The van der Waals surface area contributed by atoms with Gasteiger partial charge in [-0.25, -0.2) is 13.1 Å². The van der Waals surface area contributed by atoms with E-state index < -0.39 is 26.8 Å². The summed E-state index contributed by atoms with van der Waals surface area (Å²) in [6, 6.07) is 12.0. The molecule has 3 aliphatic heterocycles. The minimum Gasteiger partial charge on any atom is -0.490 e. The molecule has 3 heterocycles. The van der Waals surface area contributed by atoms with E-state index in [1.807, 2.05) is 25.1 Å². The van der Waals surface area contributed by atoms with Gasteiger partial charge in [0.2, 0.25) is 10.0 Å². The lowest BCUT2D eigenvalue weighted by atomic mass is 9.63. The van der Waals surface area contributed by atoms with Crippen molar-refractivity contribution in [3.05, 3.63) is 70.3 Å². The number of benzene rings is 2. The zero-order valence-corrected chi connectivity index (χ0v) is 33.8. The van der Waals surface area contributed by atoms with E-state index in [1.54, 1.807) is 20.1 Å². The molecule has 1 saturated heterocycles. The zero-order valence-electron chi connectivity index (χ0n) is 32.2. The van der Waals surface area contributed by atoms with E-state index in [2.05, 4.69) is 44.5 Å². The van der Waals surface area contributed by atoms with Gasteiger partial charge in [0, 0.05) is 55.3 Å². The van der Waals surface area contributed by atoms with Gasteiger partial charge in [-0.2, -0.15) is 0 Å². The Morgan fingerprint density at radius 1 is 1.07 bits per heavy atom. The molecule has 12 heteroatoms. The van der Waals surface area contributed by atoms with Crippen molar-refractivity contribution < 1.29 is 27.4 Å². The van der Waals surface area contributed by atoms with Gasteiger partial charge in [0.05, 0.1) is 30.8 Å². The molecule has 2 aliphatic carbocycles. The summed E-state index contributed by atoms with van der Waals surface area (Å²) in [6.45, 7) is 9.05. The van der Waals surface area contributed by atoms with Gasteiger partial charge in [0.15, 0.2) is 0 Å². The van der Waals surface area contributed by atoms with Crippen LogP contribution in [-0.2, 0) is 31.3 Å². The van der Waals surface area contributed by atoms with Crippen LogP contribution in [0.1, 0.15) is 86.7 Å². The Kier molecular flexibility index (Phi) is 12.3. The van der Waals surface area contributed by atoms with Crippen LogP contribution in [0.2, 0.25) is 5.02 Å². The number of halogens is 1. The van der Waals surface area contributed by atoms with Gasteiger partial charge in [-0.3, -0.25) is 4.79 Å². The summed E-state index contributed by atoms with van der Waals surface area (Å²) in [5.41, 5.74) is 2.75. The molecule has 1 saturated carbocycles. The van der Waals surface area contributed by atoms with Crippen molar-refractivity contribution >= 4 is 33.2 Å². The fourth-order valence-corrected chi connectivity index (χ4v) is 11.1. The molecule has 7 rings (SSSR count). The van der Waals surface area contributed by atoms with Crippen molar-refractivity contribution in [3.8, 4) is 5.75 Å². The summed E-state index contributed by atoms with van der Waals surface area (Å²) in [5.74, 6) is 0.338. The van der Waals surface area contributed by atoms with Crippen LogP contribution in [-0.4, -0.2) is 90.9 Å². The Morgan fingerprint density at radius 2 is 1.94 bits per heavy atom. The third-order valence-electron chi connectivity index (χ3n) is 13.1. The summed E-state index contributed by atoms with van der Waals surface area (Å²) in [7, 11) is -2.27. The van der Waals surface area contributed by atoms with Crippen molar-refractivity contribution in [3.63, 3.8) is 0 Å². The topological polar surface area (TPSA) is 118 Å². The van der Waals surface area contributed by atoms with Gasteiger partial charge in [-0.1, -0.05) is 43.2 Å². The number of fused-ring (bicyclic) bond motifs is 4. The number of ether oxygens (including phenoxy) is 3. The maximum atomic E-state index is 13.7. The molecule has 0 radical (unpaired) electrons. The number of nitrogens with one attached hydrogen (secondary N) is 3. The Morgan fingerprint density at radius 3 is 2.72 bits per heavy atom. The minimum atomic E-state index is -3.97. The number of allylic oxidation sites excluding steroid dienone is 1. The van der Waals surface area contributed by atoms with E-state index in [1.165, 1.54) is 24.0 Å². The molecule has 54 heavy (non-hydrogen) atoms. The molecular weight excluding hydrogens is 724 g/mol. The van der Waals surface area contributed by atoms with Gasteiger partial charge in [-0.15, -0.1) is 0 Å². The molecule has 5 aliphatic rings. The maximum absolute atomic E-state index is 13.7. The smallest absolute Gasteiger partial charge is 0.264 e. The minimum absolute atomic E-state index is 0.203. The molecule has 1 amide bonds. The number of sulfonamides is 1. The standard InChI is InChI=1S/C42H59ClN4O6S/c1-29-8-6-18-42(53-21-20-51-3,26-44-24-35-10-4-5-19-45-35)37-14-11-33(37)25-47-27-41(17-7-9-31-22-34(43)13-15-36(31)41)28-52-39-16-12-32(23-38(39)47)40(48)46-54(49,50)30(29)2/h6,12-13,15-16,18,22-23,29-30,33,35,37,44-45H,4-5,7-11,14,17,19-21,24-28H2,1-3H3,(H,46,48)/b18-6+/t29-,30+,33-,35+,37+,41-,42+/m0/s1. The number of anilines is 1. The fraction of sp³-hybridized carbons (Fsp3) is 0.643. The molecule has 2 aromatic carbocycles. The maximum Gasteiger partial charge on any atom is 0.264 e. The highest BCUT2D eigenvalue weighted by Gasteiger charge is 2.49. The third kappa shape index (κ3) is 8.37. The Hall–Kier alpha value is -2.67. The van der Waals surface area contributed by atoms with Crippen LogP contribution in [0, 0.1) is 17.8 Å². The SMILES string of the molecule is COCCO[C@@]1(CNC[C@H]2CCCCN2)/C=C/C[C@H](C)[C@@H](C)S(=O)(=O)NC(=O)c2ccc3c(c2)N(C[C@@H]2CC[C@H]21)C[C@@]1(CCCc2cc(Cl)ccc21)CO3. The van der Waals surface area contributed by atoms with Crippen LogP contribution in [0.5, 0.6) is 5.75 Å². The van der Waals surface area contributed by atoms with Gasteiger partial charge in [0.1, 0.15) is 11.4 Å². The van der Waals surface area contributed by atoms with Crippen LogP contribution < -0.4 is 25.0 Å². The van der Waals surface area contributed by atoms with Crippen LogP contribution in [0.15, 0.2) is 48.6 Å². The Balaban J connectivity index is 1.29. The van der Waals surface area contributed by atoms with E-state index in [0.717, 1.165) is 68.9 Å². The first-order valence-corrected chi connectivity index (χ1v) is 22.1. The summed E-state index contributed by atoms with van der Waals surface area (Å²) < 4.78 is 48.9. The van der Waals surface area contributed by atoms with Gasteiger partial charge < -0.3 is 29.7 Å². The number of nitrogens with zero attached hydrogens (tertiary/aromatic N) is 1. The number of hydrogen-bond acceptors (Lipinski definition) is 9. The monoisotopic (exact) mass is 782 g/mol. The van der Waals surface area contributed by atoms with E-state index in [-0.39, 0.29) is 17.3 Å². The molecular formula is C42H59ClN4O6S. The number of hydrogen-bond donors (Lipinski definition) is 3. The van der Waals surface area contributed by atoms with E-state index in [0.29, 0.717) is 62.6 Å². The molecule has 3 N–H and O–H groups in total. The molecule has 10 nitrogen and oxygen atoms in total. The number of amides is 1. The molecule has 296 valence electrons. The quantitative estimate of drug-likeness (QED) is 0.219. The van der Waals surface area contributed by atoms with Gasteiger partial charge in [0.25, 0.3) is 5.91 Å². The van der Waals surface area contributed by atoms with Crippen molar-refractivity contribution in [2.24, 2.45) is 17.8 Å². The van der Waals surface area contributed by atoms with Crippen molar-refractivity contribution in [2.45, 2.75) is 93.9 Å². The molecule has 1 spiro atoms. The highest BCUT2D eigenvalue weighted by atomic mass is 35.5. The summed E-state index contributed by atoms with van der Waals surface area (Å²) in [4.78, 5) is 16.1. The molecule has 0 unspecified atom stereocenters. The Labute approximate surface area is 327 Å². The van der Waals surface area contributed by atoms with Crippen LogP contribution >= 0.6 is 11.6 Å². The predicted molar refractivity (Wildman–Crippen MR) is 214 cm³/mol. The third-order valence-corrected chi connectivity index (χ3v) is 15.2. The van der Waals surface area contributed by atoms with Crippen LogP contribution in [0.3, 0.4) is 0 Å². The van der Waals surface area contributed by atoms with Crippen LogP contribution in [0.4, 0.5) is 5.69 Å². The predicted octanol–water partition coefficient (Wildman–Crippen LogP) is 6.02. The van der Waals surface area contributed by atoms with E-state index >= 15 is 0 Å². The normalized spacial score (nSPS) is 33.0. The van der Waals surface area contributed by atoms with Gasteiger partial charge in [-0.05, 0) is 124 Å². The number of methoxy groups -OCH3 is 1. The molecule has 7 atom stereocenters. The molecule has 0 aromatic heterocycles. The second-order valence-electron chi connectivity index (χ2n) is 16.6. The lowest BCUT2D eigenvalue weighted by Crippen LogP contribution is -2.58. The second kappa shape index (κ2) is 16.8. The van der Waals surface area contributed by atoms with Crippen molar-refractivity contribution in [2.75, 3.05) is 64.6 Å². The summed E-state index contributed by atoms with van der Waals surface area (Å²) >= 11 is 6.51. The largest absolute Gasteiger partial charge is 0.490 e. The number of carbonyl (C=O) groups excluding carboxylic acids is 1. The Bertz CT molecular complexity index is 1790. The average Bonchev–Trinajstić information content (AvgIpc) is 3.29. The van der Waals surface area contributed by atoms with Crippen molar-refractivity contribution in [1.29, 1.82) is 0 Å². The highest BCUT2D eigenvalue weighted by molar-refractivity contribution is 7.90. The second-order valence-corrected chi connectivity index (χ2v) is 19.1. The lowest BCUT2D eigenvalue weighted by Gasteiger charge is -2.51. The first-order valence-electron chi connectivity index (χ1n) is 20.1. The summed E-state index contributed by atoms with van der Waals surface area (Å²) in [5, 5.41) is 7.44. The van der Waals surface area contributed by atoms with Gasteiger partial charge >= 0.3 is 0 Å². The number of piperidine rings is 1. The summed E-state index contributed by atoms with van der Waals surface area (Å²) in [6.07, 6.45) is 13.5. The number of carbonyl (C=O) groups is 1. The molecule has 2 fully saturated rings. The average molecular weight is 783 g/mol. The molecule has 2 aromatic rings. The number of rotatable bonds is 8. The van der Waals surface area contributed by atoms with E-state index in [4.69, 9.17) is 25.8 Å². The first kappa shape index (κ1) is 39.6. The highest BCUT2D eigenvalue weighted by Crippen LogP contribution is 2.49. The first-order chi connectivity index (χ1) is 26.0. The van der Waals surface area contributed by atoms with E-state index in [9.17, 15) is 13.2 Å².